The van der Waals surface area contributed by atoms with Gasteiger partial charge in [0.05, 0.1) is 28.4 Å². The van der Waals surface area contributed by atoms with Crippen LogP contribution in [-0.4, -0.2) is 0 Å². The second-order valence-corrected chi connectivity index (χ2v) is 23.8. The monoisotopic (exact) mass is 911 g/mol. The Labute approximate surface area is 412 Å². The molecule has 0 saturated heterocycles. The van der Waals surface area contributed by atoms with Crippen molar-refractivity contribution in [3.05, 3.63) is 154 Å². The Balaban J connectivity index is 0.959. The first-order valence-corrected chi connectivity index (χ1v) is 27.9. The molecular weight excluding hydrogens is 837 g/mol. The number of hydrogen-bond donors (Lipinski definition) is 0. The average Bonchev–Trinajstić information content (AvgIpc) is 3.78. The van der Waals surface area contributed by atoms with Gasteiger partial charge in [-0.25, -0.2) is 0 Å². The third-order valence-electron chi connectivity index (χ3n) is 19.0. The SMILES string of the molecule is CC1(C)c2cc(C3CCCCC3)ccc2N(c2ccc3oc4c(N5c6ccc(C7CCCCC7)cc6C(C)(C)c6cc(C7CCCCC7)ccc65)cccc4c3c2)c2ccc(C3CCCCC3)cc21. The summed E-state index contributed by atoms with van der Waals surface area (Å²) in [6, 6.07) is 44.2. The Kier molecular flexibility index (Phi) is 10.9. The first-order valence-electron chi connectivity index (χ1n) is 27.9. The second-order valence-electron chi connectivity index (χ2n) is 23.8. The number of nitrogens with zero attached hydrogens (tertiary/aromatic N) is 2. The topological polar surface area (TPSA) is 19.6 Å². The van der Waals surface area contributed by atoms with E-state index in [1.165, 1.54) is 212 Å². The van der Waals surface area contributed by atoms with Gasteiger partial charge < -0.3 is 14.2 Å². The molecule has 69 heavy (non-hydrogen) atoms. The van der Waals surface area contributed by atoms with Gasteiger partial charge in [-0.05, 0) is 168 Å². The predicted octanol–water partition coefficient (Wildman–Crippen LogP) is 20.0. The predicted molar refractivity (Wildman–Crippen MR) is 291 cm³/mol. The Morgan fingerprint density at radius 2 is 0.739 bits per heavy atom. The van der Waals surface area contributed by atoms with Gasteiger partial charge in [0.1, 0.15) is 5.58 Å². The number of fused-ring (bicyclic) bond motifs is 7. The average molecular weight is 911 g/mol. The normalized spacial score (nSPS) is 21.0. The van der Waals surface area contributed by atoms with Crippen LogP contribution in [0, 0.1) is 0 Å². The van der Waals surface area contributed by atoms with E-state index in [4.69, 9.17) is 4.42 Å². The van der Waals surface area contributed by atoms with Crippen molar-refractivity contribution < 1.29 is 4.42 Å². The van der Waals surface area contributed by atoms with Crippen LogP contribution in [-0.2, 0) is 10.8 Å². The van der Waals surface area contributed by atoms with Crippen molar-refractivity contribution in [2.24, 2.45) is 0 Å². The molecule has 1 aromatic heterocycles. The maximum absolute atomic E-state index is 7.18. The van der Waals surface area contributed by atoms with Crippen LogP contribution < -0.4 is 9.80 Å². The lowest BCUT2D eigenvalue weighted by Crippen LogP contribution is -2.31. The number of furan rings is 1. The molecule has 6 aliphatic rings. The van der Waals surface area contributed by atoms with Gasteiger partial charge in [0, 0.05) is 27.3 Å². The highest BCUT2D eigenvalue weighted by Gasteiger charge is 2.41. The maximum Gasteiger partial charge on any atom is 0.159 e. The molecule has 13 rings (SSSR count). The van der Waals surface area contributed by atoms with Gasteiger partial charge in [0.25, 0.3) is 0 Å². The molecule has 3 heteroatoms. The highest BCUT2D eigenvalue weighted by atomic mass is 16.3. The van der Waals surface area contributed by atoms with Crippen molar-refractivity contribution in [2.45, 2.75) is 191 Å². The summed E-state index contributed by atoms with van der Waals surface area (Å²) in [6.45, 7) is 9.98. The lowest BCUT2D eigenvalue weighted by Gasteiger charge is -2.43. The third-order valence-corrected chi connectivity index (χ3v) is 19.0. The molecule has 6 aromatic carbocycles. The van der Waals surface area contributed by atoms with E-state index in [2.05, 4.69) is 147 Å². The van der Waals surface area contributed by atoms with Crippen LogP contribution in [0.4, 0.5) is 34.1 Å². The number of hydrogen-bond acceptors (Lipinski definition) is 3. The fourth-order valence-electron chi connectivity index (χ4n) is 14.9. The molecule has 0 atom stereocenters. The Morgan fingerprint density at radius 3 is 1.13 bits per heavy atom. The molecule has 0 amide bonds. The largest absolute Gasteiger partial charge is 0.454 e. The first-order chi connectivity index (χ1) is 33.7. The molecule has 0 bridgehead atoms. The van der Waals surface area contributed by atoms with Gasteiger partial charge in [-0.15, -0.1) is 0 Å². The highest BCUT2D eigenvalue weighted by Crippen LogP contribution is 2.57. The summed E-state index contributed by atoms with van der Waals surface area (Å²) in [5.74, 6) is 2.63. The van der Waals surface area contributed by atoms with Gasteiger partial charge in [-0.1, -0.05) is 165 Å². The van der Waals surface area contributed by atoms with Crippen LogP contribution in [0.25, 0.3) is 21.9 Å². The number of rotatable bonds is 6. The van der Waals surface area contributed by atoms with Crippen molar-refractivity contribution in [1.29, 1.82) is 0 Å². The van der Waals surface area contributed by atoms with Crippen molar-refractivity contribution in [2.75, 3.05) is 9.80 Å². The van der Waals surface area contributed by atoms with Crippen molar-refractivity contribution in [3.63, 3.8) is 0 Å². The molecule has 0 radical (unpaired) electrons. The molecule has 4 fully saturated rings. The van der Waals surface area contributed by atoms with E-state index in [1.807, 2.05) is 0 Å². The fourth-order valence-corrected chi connectivity index (χ4v) is 14.9. The zero-order valence-corrected chi connectivity index (χ0v) is 42.1. The number of benzene rings is 6. The van der Waals surface area contributed by atoms with Crippen LogP contribution in [0.1, 0.15) is 224 Å². The van der Waals surface area contributed by atoms with Crippen molar-refractivity contribution >= 4 is 56.1 Å². The number of anilines is 6. The minimum atomic E-state index is -0.142. The minimum Gasteiger partial charge on any atom is -0.454 e. The Hall–Kier alpha value is -5.28. The molecule has 354 valence electrons. The van der Waals surface area contributed by atoms with Crippen LogP contribution in [0.2, 0.25) is 0 Å². The molecule has 2 aliphatic heterocycles. The van der Waals surface area contributed by atoms with E-state index in [0.717, 1.165) is 16.9 Å². The van der Waals surface area contributed by atoms with Crippen molar-refractivity contribution in [1.82, 2.24) is 0 Å². The molecular formula is C66H74N2O. The van der Waals surface area contributed by atoms with Gasteiger partial charge in [-0.3, -0.25) is 0 Å². The molecule has 7 aromatic rings. The molecule has 3 heterocycles. The smallest absolute Gasteiger partial charge is 0.159 e. The molecule has 0 unspecified atom stereocenters. The van der Waals surface area contributed by atoms with Crippen LogP contribution in [0.15, 0.2) is 114 Å². The maximum atomic E-state index is 7.18. The van der Waals surface area contributed by atoms with Gasteiger partial charge >= 0.3 is 0 Å². The van der Waals surface area contributed by atoms with Gasteiger partial charge in [-0.2, -0.15) is 0 Å². The van der Waals surface area contributed by atoms with Gasteiger partial charge in [0.2, 0.25) is 0 Å². The molecule has 4 aliphatic carbocycles. The summed E-state index contributed by atoms with van der Waals surface area (Å²) in [4.78, 5) is 5.17. The molecule has 0 spiro atoms. The standard InChI is InChI=1S/C66H74N2O/c1-65(2)54-38-47(43-18-9-5-10-19-43)28-33-58(54)67(59-34-29-48(39-55(59)65)44-20-11-6-12-21-44)51-32-37-63-53(42-51)52-26-17-27-62(64(52)69-63)68-60-35-30-49(45-22-13-7-14-23-45)40-56(60)66(3,4)57-41-50(31-36-61(57)68)46-24-15-8-16-25-46/h17,26-46H,5-16,18-25H2,1-4H3. The fraction of sp³-hybridized carbons (Fsp3) is 0.455. The van der Waals surface area contributed by atoms with Crippen LogP contribution >= 0.6 is 0 Å². The summed E-state index contributed by atoms with van der Waals surface area (Å²) in [7, 11) is 0. The van der Waals surface area contributed by atoms with Crippen LogP contribution in [0.3, 0.4) is 0 Å². The minimum absolute atomic E-state index is 0.123. The summed E-state index contributed by atoms with van der Waals surface area (Å²) < 4.78 is 7.18. The van der Waals surface area contributed by atoms with E-state index < -0.39 is 0 Å². The third kappa shape index (κ3) is 7.32. The van der Waals surface area contributed by atoms with Crippen LogP contribution in [0.5, 0.6) is 0 Å². The zero-order chi connectivity index (χ0) is 46.4. The van der Waals surface area contributed by atoms with E-state index in [9.17, 15) is 0 Å². The summed E-state index contributed by atoms with van der Waals surface area (Å²) in [6.07, 6.45) is 26.8. The lowest BCUT2D eigenvalue weighted by molar-refractivity contribution is 0.442. The molecule has 0 N–H and O–H groups in total. The molecule has 3 nitrogen and oxygen atoms in total. The summed E-state index contributed by atoms with van der Waals surface area (Å²) in [5, 5.41) is 2.35. The highest BCUT2D eigenvalue weighted by molar-refractivity contribution is 6.12. The van der Waals surface area contributed by atoms with E-state index in [0.29, 0.717) is 23.7 Å². The van der Waals surface area contributed by atoms with E-state index in [-0.39, 0.29) is 10.8 Å². The van der Waals surface area contributed by atoms with E-state index in [1.54, 1.807) is 0 Å². The summed E-state index contributed by atoms with van der Waals surface area (Å²) in [5.41, 5.74) is 21.1. The first kappa shape index (κ1) is 43.7. The quantitative estimate of drug-likeness (QED) is 0.166. The molecule has 4 saturated carbocycles. The van der Waals surface area contributed by atoms with Gasteiger partial charge in [0.15, 0.2) is 5.58 Å². The Bertz CT molecular complexity index is 2920. The van der Waals surface area contributed by atoms with Crippen molar-refractivity contribution in [3.8, 4) is 0 Å². The Morgan fingerprint density at radius 1 is 0.362 bits per heavy atom. The zero-order valence-electron chi connectivity index (χ0n) is 42.1. The lowest BCUT2D eigenvalue weighted by atomic mass is 9.70. The number of para-hydroxylation sites is 1. The summed E-state index contributed by atoms with van der Waals surface area (Å²) >= 11 is 0. The van der Waals surface area contributed by atoms with E-state index >= 15 is 0 Å². The second kappa shape index (κ2) is 17.2.